The van der Waals surface area contributed by atoms with Crippen LogP contribution in [-0.4, -0.2) is 30.5 Å². The number of aromatic amines is 1. The molecule has 2 aliphatic rings. The fourth-order valence-corrected chi connectivity index (χ4v) is 4.15. The number of rotatable bonds is 4. The molecule has 5 rings (SSSR count). The summed E-state index contributed by atoms with van der Waals surface area (Å²) in [6, 6.07) is 14.5. The number of phenols is 1. The summed E-state index contributed by atoms with van der Waals surface area (Å²) >= 11 is 4.96. The van der Waals surface area contributed by atoms with Crippen LogP contribution in [0.3, 0.4) is 0 Å². The molecular weight excluding hydrogens is 482 g/mol. The fourth-order valence-electron chi connectivity index (χ4n) is 3.97. The Bertz CT molecular complexity index is 1870. The van der Waals surface area contributed by atoms with E-state index in [2.05, 4.69) is 9.97 Å². The van der Waals surface area contributed by atoms with Gasteiger partial charge in [-0.1, -0.05) is 24.3 Å². The van der Waals surface area contributed by atoms with Gasteiger partial charge in [0.25, 0.3) is 11.1 Å². The molecule has 0 atom stereocenters. The zero-order valence-electron chi connectivity index (χ0n) is 18.7. The van der Waals surface area contributed by atoms with Crippen molar-refractivity contribution in [2.45, 2.75) is 0 Å². The second kappa shape index (κ2) is 8.75. The zero-order chi connectivity index (χ0) is 25.6. The zero-order valence-corrected chi connectivity index (χ0v) is 19.5. The number of H-pyrrole nitrogens is 1. The lowest BCUT2D eigenvalue weighted by molar-refractivity contribution is 0.104. The number of para-hydroxylation sites is 2. The number of hydrogen-bond donors (Lipinski definition) is 3. The Balaban J connectivity index is 1.70. The van der Waals surface area contributed by atoms with Crippen LogP contribution in [-0.2, 0) is 7.05 Å². The van der Waals surface area contributed by atoms with E-state index in [-0.39, 0.29) is 38.9 Å². The number of nitrogens with zero attached hydrogens (tertiary/aromatic N) is 2. The number of allylic oxidation sites excluding steroid dienone is 1. The summed E-state index contributed by atoms with van der Waals surface area (Å²) in [6.07, 6.45) is 2.43. The summed E-state index contributed by atoms with van der Waals surface area (Å²) in [5, 5.41) is 21.5. The molecule has 178 valence electrons. The smallest absolute Gasteiger partial charge is 0.265 e. The van der Waals surface area contributed by atoms with Gasteiger partial charge in [0.2, 0.25) is 10.7 Å². The van der Waals surface area contributed by atoms with Gasteiger partial charge in [-0.3, -0.25) is 19.4 Å². The Morgan fingerprint density at radius 3 is 2.58 bits per heavy atom. The first-order valence-electron chi connectivity index (χ1n) is 10.7. The van der Waals surface area contributed by atoms with Crippen LogP contribution < -0.4 is 11.1 Å². The van der Waals surface area contributed by atoms with E-state index in [4.69, 9.17) is 16.6 Å². The fraction of sp³-hybridized carbons (Fsp3) is 0.0385. The lowest BCUT2D eigenvalue weighted by Gasteiger charge is -2.12. The quantitative estimate of drug-likeness (QED) is 0.191. The summed E-state index contributed by atoms with van der Waals surface area (Å²) in [6.45, 7) is 0. The molecule has 0 amide bonds. The van der Waals surface area contributed by atoms with Crippen molar-refractivity contribution in [3.63, 3.8) is 0 Å². The van der Waals surface area contributed by atoms with Crippen molar-refractivity contribution in [1.82, 2.24) is 14.5 Å². The third kappa shape index (κ3) is 3.79. The molecular formula is C26H17N3O6S. The summed E-state index contributed by atoms with van der Waals surface area (Å²) in [7, 11) is 1.51. The minimum atomic E-state index is -0.755. The number of aromatic nitrogens is 3. The molecule has 2 aromatic carbocycles. The maximum atomic E-state index is 13.1. The lowest BCUT2D eigenvalue weighted by atomic mass is 10.0. The van der Waals surface area contributed by atoms with Gasteiger partial charge in [-0.15, -0.1) is 0 Å². The molecule has 10 heteroatoms. The number of ketones is 1. The Morgan fingerprint density at radius 2 is 1.81 bits per heavy atom. The summed E-state index contributed by atoms with van der Waals surface area (Å²) in [4.78, 5) is 44.9. The highest BCUT2D eigenvalue weighted by molar-refractivity contribution is 7.71. The van der Waals surface area contributed by atoms with Gasteiger partial charge in [0.1, 0.15) is 28.4 Å². The van der Waals surface area contributed by atoms with E-state index in [1.54, 1.807) is 42.5 Å². The van der Waals surface area contributed by atoms with Gasteiger partial charge in [0.15, 0.2) is 5.78 Å². The van der Waals surface area contributed by atoms with E-state index >= 15 is 0 Å². The first-order chi connectivity index (χ1) is 17.3. The van der Waals surface area contributed by atoms with Gasteiger partial charge in [-0.05, 0) is 54.7 Å². The van der Waals surface area contributed by atoms with Crippen LogP contribution in [0.5, 0.6) is 11.5 Å². The summed E-state index contributed by atoms with van der Waals surface area (Å²) < 4.78 is 7.06. The van der Waals surface area contributed by atoms with E-state index < -0.39 is 28.2 Å². The third-order valence-corrected chi connectivity index (χ3v) is 5.94. The number of fused-ring (bicyclic) bond motifs is 2. The number of hydrogen-bond acceptors (Lipinski definition) is 8. The SMILES string of the molecule is Cn1c(=O)c(C(=O)/C=C/c2cc3c(=O)[nH]c(=S)nc-3oc2-c2ccccc2O)c(O)c2ccccc21. The predicted octanol–water partition coefficient (Wildman–Crippen LogP) is 4.02. The van der Waals surface area contributed by atoms with Crippen LogP contribution in [0.4, 0.5) is 0 Å². The van der Waals surface area contributed by atoms with Gasteiger partial charge in [0, 0.05) is 18.0 Å². The molecule has 3 N–H and O–H groups in total. The molecule has 0 radical (unpaired) electrons. The molecule has 0 aliphatic carbocycles. The number of aromatic hydroxyl groups is 2. The van der Waals surface area contributed by atoms with Crippen LogP contribution in [0.1, 0.15) is 15.9 Å². The molecule has 0 unspecified atom stereocenters. The second-order valence-corrected chi connectivity index (χ2v) is 8.33. The number of pyridine rings is 1. The summed E-state index contributed by atoms with van der Waals surface area (Å²) in [5.41, 5.74) is -0.529. The van der Waals surface area contributed by atoms with Crippen molar-refractivity contribution < 1.29 is 19.4 Å². The van der Waals surface area contributed by atoms with E-state index in [1.165, 1.54) is 29.8 Å². The van der Waals surface area contributed by atoms with Gasteiger partial charge in [0.05, 0.1) is 11.1 Å². The maximum Gasteiger partial charge on any atom is 0.265 e. The number of carbonyl (C=O) groups is 1. The van der Waals surface area contributed by atoms with Crippen molar-refractivity contribution in [3.8, 4) is 34.3 Å². The molecule has 0 fully saturated rings. The Morgan fingerprint density at radius 1 is 1.08 bits per heavy atom. The monoisotopic (exact) mass is 499 g/mol. The van der Waals surface area contributed by atoms with Gasteiger partial charge < -0.3 is 19.2 Å². The largest absolute Gasteiger partial charge is 0.507 e. The van der Waals surface area contributed by atoms with E-state index in [1.807, 2.05) is 0 Å². The average molecular weight is 500 g/mol. The first kappa shape index (κ1) is 22.9. The Labute approximate surface area is 207 Å². The predicted molar refractivity (Wildman–Crippen MR) is 136 cm³/mol. The standard InChI is InChI=1S/C26H17N3O6S/c1-29-17-8-4-2-6-14(17)21(32)20(25(29)34)19(31)11-10-13-12-16-23(33)27-26(36)28-24(16)35-22(13)15-7-3-5-9-18(15)30/h2-12,30,32H,1H3,(H,27,33,36)/b11-10+. The molecule has 36 heavy (non-hydrogen) atoms. The minimum Gasteiger partial charge on any atom is -0.507 e. The van der Waals surface area contributed by atoms with Crippen molar-refractivity contribution in [2.75, 3.05) is 0 Å². The first-order valence-corrected chi connectivity index (χ1v) is 11.1. The van der Waals surface area contributed by atoms with Crippen LogP contribution in [0, 0.1) is 4.77 Å². The number of carbonyl (C=O) groups excluding carboxylic acids is 1. The molecule has 0 saturated carbocycles. The molecule has 3 heterocycles. The van der Waals surface area contributed by atoms with E-state index in [9.17, 15) is 24.6 Å². The topological polar surface area (TPSA) is 138 Å². The van der Waals surface area contributed by atoms with E-state index in [0.717, 1.165) is 6.08 Å². The van der Waals surface area contributed by atoms with Gasteiger partial charge >= 0.3 is 0 Å². The molecule has 1 aromatic heterocycles. The van der Waals surface area contributed by atoms with Crippen molar-refractivity contribution >= 4 is 35.0 Å². The van der Waals surface area contributed by atoms with Gasteiger partial charge in [-0.2, -0.15) is 4.98 Å². The van der Waals surface area contributed by atoms with E-state index in [0.29, 0.717) is 10.9 Å². The molecule has 3 aromatic rings. The van der Waals surface area contributed by atoms with Crippen LogP contribution in [0.15, 0.2) is 74.7 Å². The number of benzene rings is 2. The van der Waals surface area contributed by atoms with Crippen LogP contribution >= 0.6 is 12.2 Å². The Kier molecular flexibility index (Phi) is 5.57. The highest BCUT2D eigenvalue weighted by Gasteiger charge is 2.21. The van der Waals surface area contributed by atoms with Crippen LogP contribution in [0.25, 0.3) is 39.8 Å². The number of aryl methyl sites for hydroxylation is 1. The highest BCUT2D eigenvalue weighted by atomic mass is 32.1. The molecule has 0 bridgehead atoms. The molecule has 9 nitrogen and oxygen atoms in total. The van der Waals surface area contributed by atoms with Crippen LogP contribution in [0.2, 0.25) is 0 Å². The van der Waals surface area contributed by atoms with Gasteiger partial charge in [-0.25, -0.2) is 0 Å². The number of nitrogens with one attached hydrogen (secondary N) is 1. The molecule has 0 saturated heterocycles. The van der Waals surface area contributed by atoms with Crippen molar-refractivity contribution in [2.24, 2.45) is 7.05 Å². The average Bonchev–Trinajstić information content (AvgIpc) is 2.86. The maximum absolute atomic E-state index is 13.1. The molecule has 2 aliphatic heterocycles. The highest BCUT2D eigenvalue weighted by Crippen LogP contribution is 2.35. The third-order valence-electron chi connectivity index (χ3n) is 5.74. The van der Waals surface area contributed by atoms with Crippen molar-refractivity contribution in [3.05, 3.63) is 97.3 Å². The summed E-state index contributed by atoms with van der Waals surface area (Å²) in [5.74, 6) is -1.22. The minimum absolute atomic E-state index is 0.0495. The normalized spacial score (nSPS) is 11.5. The number of phenolic OH excluding ortho intramolecular Hbond substituents is 1. The molecule has 0 spiro atoms. The van der Waals surface area contributed by atoms with Crippen molar-refractivity contribution in [1.29, 1.82) is 0 Å². The Hall–Kier alpha value is -4.83. The lowest BCUT2D eigenvalue weighted by Crippen LogP contribution is -2.24. The second-order valence-electron chi connectivity index (χ2n) is 7.94.